The van der Waals surface area contributed by atoms with Crippen LogP contribution in [0.25, 0.3) is 0 Å². The SMILES string of the molecule is CCCCc1nnns1. The van der Waals surface area contributed by atoms with Gasteiger partial charge in [0, 0.05) is 18.0 Å². The van der Waals surface area contributed by atoms with Crippen molar-refractivity contribution in [2.24, 2.45) is 0 Å². The van der Waals surface area contributed by atoms with Gasteiger partial charge in [0.1, 0.15) is 5.01 Å². The zero-order valence-electron chi connectivity index (χ0n) is 5.37. The van der Waals surface area contributed by atoms with Crippen LogP contribution in [0.2, 0.25) is 0 Å². The molecule has 1 rings (SSSR count). The zero-order valence-corrected chi connectivity index (χ0v) is 6.19. The number of nitrogens with zero attached hydrogens (tertiary/aromatic N) is 3. The molecule has 1 heterocycles. The summed E-state index contributed by atoms with van der Waals surface area (Å²) in [5.41, 5.74) is 0. The van der Waals surface area contributed by atoms with Crippen molar-refractivity contribution in [2.75, 3.05) is 0 Å². The molecular weight excluding hydrogens is 134 g/mol. The molecular formula is C5H9N3S. The maximum absolute atomic E-state index is 3.81. The van der Waals surface area contributed by atoms with E-state index >= 15 is 0 Å². The van der Waals surface area contributed by atoms with Gasteiger partial charge in [-0.15, -0.1) is 5.10 Å². The van der Waals surface area contributed by atoms with E-state index in [1.54, 1.807) is 0 Å². The summed E-state index contributed by atoms with van der Waals surface area (Å²) in [6.07, 6.45) is 3.44. The topological polar surface area (TPSA) is 38.7 Å². The van der Waals surface area contributed by atoms with Crippen molar-refractivity contribution in [1.82, 2.24) is 14.8 Å². The quantitative estimate of drug-likeness (QED) is 0.639. The van der Waals surface area contributed by atoms with Crippen molar-refractivity contribution in [3.05, 3.63) is 5.01 Å². The molecule has 0 N–H and O–H groups in total. The Hall–Kier alpha value is -0.510. The molecule has 0 aliphatic heterocycles. The fraction of sp³-hybridized carbons (Fsp3) is 0.800. The molecule has 9 heavy (non-hydrogen) atoms. The standard InChI is InChI=1S/C5H9N3S/c1-2-3-4-5-6-7-8-9-5/h2-4H2,1H3. The molecule has 0 aliphatic rings. The van der Waals surface area contributed by atoms with Gasteiger partial charge in [-0.05, 0) is 11.6 Å². The molecule has 0 amide bonds. The second-order valence-corrected chi connectivity index (χ2v) is 2.68. The van der Waals surface area contributed by atoms with Crippen molar-refractivity contribution in [2.45, 2.75) is 26.2 Å². The molecule has 0 radical (unpaired) electrons. The molecule has 3 nitrogen and oxygen atoms in total. The van der Waals surface area contributed by atoms with Crippen molar-refractivity contribution < 1.29 is 0 Å². The van der Waals surface area contributed by atoms with E-state index in [1.807, 2.05) is 0 Å². The Labute approximate surface area is 58.3 Å². The van der Waals surface area contributed by atoms with Crippen LogP contribution in [-0.2, 0) is 6.42 Å². The van der Waals surface area contributed by atoms with E-state index in [9.17, 15) is 0 Å². The number of aryl methyl sites for hydroxylation is 1. The highest BCUT2D eigenvalue weighted by Gasteiger charge is 1.94. The number of hydrogen-bond acceptors (Lipinski definition) is 4. The predicted octanol–water partition coefficient (Wildman–Crippen LogP) is 1.28. The number of unbranched alkanes of at least 4 members (excludes halogenated alkanes) is 1. The van der Waals surface area contributed by atoms with Gasteiger partial charge in [-0.2, -0.15) is 0 Å². The Morgan fingerprint density at radius 3 is 3.00 bits per heavy atom. The first-order valence-corrected chi connectivity index (χ1v) is 3.84. The monoisotopic (exact) mass is 143 g/mol. The van der Waals surface area contributed by atoms with Crippen LogP contribution in [0.5, 0.6) is 0 Å². The Morgan fingerprint density at radius 1 is 1.56 bits per heavy atom. The fourth-order valence-corrected chi connectivity index (χ4v) is 1.05. The van der Waals surface area contributed by atoms with Crippen LogP contribution in [0.3, 0.4) is 0 Å². The molecule has 0 aliphatic carbocycles. The molecule has 0 aromatic carbocycles. The first-order chi connectivity index (χ1) is 4.43. The molecule has 0 spiro atoms. The summed E-state index contributed by atoms with van der Waals surface area (Å²) in [6.45, 7) is 2.16. The Morgan fingerprint density at radius 2 is 2.44 bits per heavy atom. The molecule has 0 saturated carbocycles. The summed E-state index contributed by atoms with van der Waals surface area (Å²) in [5, 5.41) is 8.36. The second-order valence-electron chi connectivity index (χ2n) is 1.86. The van der Waals surface area contributed by atoms with Crippen LogP contribution in [0.15, 0.2) is 0 Å². The lowest BCUT2D eigenvalue weighted by molar-refractivity contribution is 0.774. The van der Waals surface area contributed by atoms with E-state index in [0.717, 1.165) is 11.4 Å². The summed E-state index contributed by atoms with van der Waals surface area (Å²) >= 11 is 1.39. The molecule has 0 atom stereocenters. The molecule has 4 heteroatoms. The molecule has 0 unspecified atom stereocenters. The highest BCUT2D eigenvalue weighted by atomic mass is 32.1. The van der Waals surface area contributed by atoms with Crippen LogP contribution < -0.4 is 0 Å². The van der Waals surface area contributed by atoms with Gasteiger partial charge in [0.2, 0.25) is 0 Å². The Balaban J connectivity index is 2.30. The third-order valence-electron chi connectivity index (χ3n) is 1.08. The summed E-state index contributed by atoms with van der Waals surface area (Å²) in [5.74, 6) is 0. The van der Waals surface area contributed by atoms with E-state index < -0.39 is 0 Å². The lowest BCUT2D eigenvalue weighted by atomic mass is 10.3. The smallest absolute Gasteiger partial charge is 0.122 e. The van der Waals surface area contributed by atoms with Gasteiger partial charge in [-0.3, -0.25) is 0 Å². The summed E-state index contributed by atoms with van der Waals surface area (Å²) in [7, 11) is 0. The van der Waals surface area contributed by atoms with Crippen molar-refractivity contribution >= 4 is 11.5 Å². The van der Waals surface area contributed by atoms with Gasteiger partial charge < -0.3 is 0 Å². The normalized spacial score (nSPS) is 9.89. The third kappa shape index (κ3) is 2.05. The van der Waals surface area contributed by atoms with E-state index in [2.05, 4.69) is 21.7 Å². The lowest BCUT2D eigenvalue weighted by Gasteiger charge is -1.86. The van der Waals surface area contributed by atoms with Crippen LogP contribution in [0.1, 0.15) is 24.8 Å². The van der Waals surface area contributed by atoms with Gasteiger partial charge >= 0.3 is 0 Å². The zero-order chi connectivity index (χ0) is 6.53. The van der Waals surface area contributed by atoms with Crippen LogP contribution >= 0.6 is 11.5 Å². The minimum atomic E-state index is 1.04. The average molecular weight is 143 g/mol. The van der Waals surface area contributed by atoms with E-state index in [-0.39, 0.29) is 0 Å². The van der Waals surface area contributed by atoms with E-state index in [1.165, 1.54) is 24.4 Å². The van der Waals surface area contributed by atoms with E-state index in [4.69, 9.17) is 0 Å². The summed E-state index contributed by atoms with van der Waals surface area (Å²) < 4.78 is 3.66. The number of rotatable bonds is 3. The van der Waals surface area contributed by atoms with Gasteiger partial charge in [0.15, 0.2) is 0 Å². The van der Waals surface area contributed by atoms with Crippen LogP contribution in [-0.4, -0.2) is 14.8 Å². The largest absolute Gasteiger partial charge is 0.138 e. The molecule has 0 fully saturated rings. The maximum atomic E-state index is 3.81. The van der Waals surface area contributed by atoms with Crippen LogP contribution in [0.4, 0.5) is 0 Å². The second kappa shape index (κ2) is 3.50. The van der Waals surface area contributed by atoms with E-state index in [0.29, 0.717) is 0 Å². The molecule has 0 saturated heterocycles. The van der Waals surface area contributed by atoms with Crippen LogP contribution in [0, 0.1) is 0 Å². The number of aromatic nitrogens is 3. The Kier molecular flexibility index (Phi) is 2.57. The molecule has 1 aromatic rings. The highest BCUT2D eigenvalue weighted by molar-refractivity contribution is 7.05. The summed E-state index contributed by atoms with van der Waals surface area (Å²) in [4.78, 5) is 0. The Bertz CT molecular complexity index is 149. The third-order valence-corrected chi connectivity index (χ3v) is 1.73. The van der Waals surface area contributed by atoms with Gasteiger partial charge in [-0.25, -0.2) is 0 Å². The minimum Gasteiger partial charge on any atom is -0.122 e. The first kappa shape index (κ1) is 6.61. The maximum Gasteiger partial charge on any atom is 0.138 e. The minimum absolute atomic E-state index is 1.04. The summed E-state index contributed by atoms with van der Waals surface area (Å²) in [6, 6.07) is 0. The van der Waals surface area contributed by atoms with Gasteiger partial charge in [-0.1, -0.05) is 17.8 Å². The van der Waals surface area contributed by atoms with Gasteiger partial charge in [0.25, 0.3) is 0 Å². The number of hydrogen-bond donors (Lipinski definition) is 0. The molecule has 1 aromatic heterocycles. The van der Waals surface area contributed by atoms with Gasteiger partial charge in [0.05, 0.1) is 0 Å². The molecule has 50 valence electrons. The van der Waals surface area contributed by atoms with Crippen molar-refractivity contribution in [3.8, 4) is 0 Å². The van der Waals surface area contributed by atoms with Crippen molar-refractivity contribution in [1.29, 1.82) is 0 Å². The fourth-order valence-electron chi connectivity index (χ4n) is 0.575. The molecule has 0 bridgehead atoms. The first-order valence-electron chi connectivity index (χ1n) is 3.07. The predicted molar refractivity (Wildman–Crippen MR) is 36.3 cm³/mol. The lowest BCUT2D eigenvalue weighted by Crippen LogP contribution is -1.81. The highest BCUT2D eigenvalue weighted by Crippen LogP contribution is 2.02. The average Bonchev–Trinajstić information content (AvgIpc) is 2.34. The van der Waals surface area contributed by atoms with Crippen molar-refractivity contribution in [3.63, 3.8) is 0 Å².